The van der Waals surface area contributed by atoms with Crippen LogP contribution in [0.4, 0.5) is 20.4 Å². The number of hydrogen-bond acceptors (Lipinski definition) is 5. The molecule has 0 saturated heterocycles. The third-order valence-electron chi connectivity index (χ3n) is 2.37. The van der Waals surface area contributed by atoms with E-state index in [-0.39, 0.29) is 12.4 Å². The minimum atomic E-state index is -2.45. The molecule has 8 heteroatoms. The van der Waals surface area contributed by atoms with Gasteiger partial charge in [-0.1, -0.05) is 11.8 Å². The molecule has 1 heterocycles. The van der Waals surface area contributed by atoms with Crippen molar-refractivity contribution in [1.82, 2.24) is 0 Å². The van der Waals surface area contributed by atoms with Crippen molar-refractivity contribution in [3.63, 3.8) is 0 Å². The van der Waals surface area contributed by atoms with Crippen molar-refractivity contribution in [2.24, 2.45) is 0 Å². The quantitative estimate of drug-likeness (QED) is 0.494. The zero-order valence-corrected chi connectivity index (χ0v) is 10.9. The average molecular weight is 300 g/mol. The Balaban J connectivity index is 1.91. The van der Waals surface area contributed by atoms with Crippen molar-refractivity contribution in [3.05, 3.63) is 52.3 Å². The first-order valence-electron chi connectivity index (χ1n) is 5.56. The lowest BCUT2D eigenvalue weighted by atomic mass is 10.3. The molecule has 0 atom stereocenters. The fourth-order valence-electron chi connectivity index (χ4n) is 1.50. The Morgan fingerprint density at radius 1 is 1.25 bits per heavy atom. The molecule has 0 radical (unpaired) electrons. The van der Waals surface area contributed by atoms with E-state index in [1.165, 1.54) is 12.1 Å². The molecule has 0 saturated carbocycles. The van der Waals surface area contributed by atoms with E-state index in [4.69, 9.17) is 4.42 Å². The maximum absolute atomic E-state index is 12.1. The molecule has 2 aromatic rings. The lowest BCUT2D eigenvalue weighted by Gasteiger charge is -2.05. The molecule has 0 unspecified atom stereocenters. The van der Waals surface area contributed by atoms with Gasteiger partial charge in [-0.3, -0.25) is 10.1 Å². The average Bonchev–Trinajstić information content (AvgIpc) is 2.86. The first kappa shape index (κ1) is 14.3. The molecule has 1 N–H and O–H groups in total. The Morgan fingerprint density at radius 2 is 1.95 bits per heavy atom. The highest BCUT2D eigenvalue weighted by molar-refractivity contribution is 7.99. The fraction of sp³-hybridized carbons (Fsp3) is 0.167. The standard InChI is InChI=1S/C12H10F2N2O3S/c13-12(14)20-10-4-1-8(2-5-10)15-7-9-3-6-11(19-9)16(17)18/h1-6,12,15H,7H2. The van der Waals surface area contributed by atoms with Crippen molar-refractivity contribution < 1.29 is 18.1 Å². The van der Waals surface area contributed by atoms with Crippen molar-refractivity contribution in [2.45, 2.75) is 17.2 Å². The van der Waals surface area contributed by atoms with E-state index in [0.29, 0.717) is 28.1 Å². The summed E-state index contributed by atoms with van der Waals surface area (Å²) in [6, 6.07) is 9.24. The van der Waals surface area contributed by atoms with Crippen LogP contribution in [0.3, 0.4) is 0 Å². The summed E-state index contributed by atoms with van der Waals surface area (Å²) >= 11 is 0.474. The third kappa shape index (κ3) is 3.95. The normalized spacial score (nSPS) is 10.8. The van der Waals surface area contributed by atoms with Gasteiger partial charge < -0.3 is 9.73 Å². The molecular formula is C12H10F2N2O3S. The van der Waals surface area contributed by atoms with Gasteiger partial charge in [-0.2, -0.15) is 8.78 Å². The molecule has 2 rings (SSSR count). The van der Waals surface area contributed by atoms with Crippen LogP contribution in [-0.4, -0.2) is 10.7 Å². The molecule has 0 aliphatic heterocycles. The number of hydrogen-bond donors (Lipinski definition) is 1. The van der Waals surface area contributed by atoms with E-state index in [2.05, 4.69) is 5.32 Å². The van der Waals surface area contributed by atoms with Crippen molar-refractivity contribution in [1.29, 1.82) is 0 Å². The second-order valence-electron chi connectivity index (χ2n) is 3.75. The molecule has 5 nitrogen and oxygen atoms in total. The largest absolute Gasteiger partial charge is 0.433 e. The van der Waals surface area contributed by atoms with Gasteiger partial charge in [0.05, 0.1) is 12.6 Å². The van der Waals surface area contributed by atoms with Crippen LogP contribution in [0.2, 0.25) is 0 Å². The van der Waals surface area contributed by atoms with Crippen molar-refractivity contribution in [2.75, 3.05) is 5.32 Å². The van der Waals surface area contributed by atoms with Crippen LogP contribution in [0.15, 0.2) is 45.7 Å². The van der Waals surface area contributed by atoms with E-state index in [1.807, 2.05) is 0 Å². The lowest BCUT2D eigenvalue weighted by Crippen LogP contribution is -1.97. The van der Waals surface area contributed by atoms with Crippen LogP contribution in [0.1, 0.15) is 5.76 Å². The first-order valence-corrected chi connectivity index (χ1v) is 6.44. The van der Waals surface area contributed by atoms with Gasteiger partial charge in [-0.15, -0.1) is 0 Å². The highest BCUT2D eigenvalue weighted by atomic mass is 32.2. The molecular weight excluding hydrogens is 290 g/mol. The predicted molar refractivity (Wildman–Crippen MR) is 71.0 cm³/mol. The van der Waals surface area contributed by atoms with Gasteiger partial charge in [0, 0.05) is 10.6 Å². The van der Waals surface area contributed by atoms with Crippen LogP contribution in [0, 0.1) is 10.1 Å². The molecule has 0 aliphatic carbocycles. The number of benzene rings is 1. The predicted octanol–water partition coefficient (Wildman–Crippen LogP) is 4.11. The highest BCUT2D eigenvalue weighted by Crippen LogP contribution is 2.26. The zero-order chi connectivity index (χ0) is 14.5. The monoisotopic (exact) mass is 300 g/mol. The Kier molecular flexibility index (Phi) is 4.57. The minimum absolute atomic E-state index is 0.273. The Morgan fingerprint density at radius 3 is 2.50 bits per heavy atom. The summed E-state index contributed by atoms with van der Waals surface area (Å²) in [5.74, 6) is -2.34. The van der Waals surface area contributed by atoms with Gasteiger partial charge in [-0.25, -0.2) is 0 Å². The molecule has 0 amide bonds. The second kappa shape index (κ2) is 6.38. The van der Waals surface area contributed by atoms with E-state index in [1.54, 1.807) is 24.3 Å². The number of thioether (sulfide) groups is 1. The summed E-state index contributed by atoms with van der Waals surface area (Å²) in [5.41, 5.74) is 0.711. The number of furan rings is 1. The van der Waals surface area contributed by atoms with Crippen LogP contribution < -0.4 is 5.32 Å². The summed E-state index contributed by atoms with van der Waals surface area (Å²) < 4.78 is 29.3. The highest BCUT2D eigenvalue weighted by Gasteiger charge is 2.11. The second-order valence-corrected chi connectivity index (χ2v) is 4.82. The Labute approximate surface area is 117 Å². The zero-order valence-electron chi connectivity index (χ0n) is 10.1. The van der Waals surface area contributed by atoms with Crippen molar-refractivity contribution >= 4 is 23.3 Å². The molecule has 106 valence electrons. The summed E-state index contributed by atoms with van der Waals surface area (Å²) in [7, 11) is 0. The molecule has 0 spiro atoms. The molecule has 0 bridgehead atoms. The minimum Gasteiger partial charge on any atom is -0.404 e. The number of anilines is 1. The van der Waals surface area contributed by atoms with Crippen LogP contribution in [-0.2, 0) is 6.54 Å². The molecule has 0 fully saturated rings. The maximum Gasteiger partial charge on any atom is 0.433 e. The van der Waals surface area contributed by atoms with Gasteiger partial charge in [0.15, 0.2) is 0 Å². The fourth-order valence-corrected chi connectivity index (χ4v) is 2.00. The SMILES string of the molecule is O=[N+]([O-])c1ccc(CNc2ccc(SC(F)F)cc2)o1. The lowest BCUT2D eigenvalue weighted by molar-refractivity contribution is -0.402. The number of nitrogens with one attached hydrogen (secondary N) is 1. The summed E-state index contributed by atoms with van der Waals surface area (Å²) in [4.78, 5) is 10.3. The number of alkyl halides is 2. The van der Waals surface area contributed by atoms with E-state index >= 15 is 0 Å². The topological polar surface area (TPSA) is 68.3 Å². The number of nitrogens with zero attached hydrogens (tertiary/aromatic N) is 1. The molecule has 1 aromatic heterocycles. The van der Waals surface area contributed by atoms with Crippen LogP contribution >= 0.6 is 11.8 Å². The van der Waals surface area contributed by atoms with E-state index in [9.17, 15) is 18.9 Å². The maximum atomic E-state index is 12.1. The molecule has 20 heavy (non-hydrogen) atoms. The van der Waals surface area contributed by atoms with Gasteiger partial charge >= 0.3 is 5.88 Å². The van der Waals surface area contributed by atoms with Gasteiger partial charge in [-0.05, 0) is 30.3 Å². The van der Waals surface area contributed by atoms with Gasteiger partial charge in [0.25, 0.3) is 5.76 Å². The third-order valence-corrected chi connectivity index (χ3v) is 3.10. The number of halogens is 2. The molecule has 0 aliphatic rings. The summed E-state index contributed by atoms with van der Waals surface area (Å²) in [6.07, 6.45) is 0. The van der Waals surface area contributed by atoms with Crippen molar-refractivity contribution in [3.8, 4) is 0 Å². The number of nitro groups is 1. The molecule has 1 aromatic carbocycles. The summed E-state index contributed by atoms with van der Waals surface area (Å²) in [5, 5.41) is 13.4. The van der Waals surface area contributed by atoms with E-state index in [0.717, 1.165) is 0 Å². The Hall–Kier alpha value is -2.09. The smallest absolute Gasteiger partial charge is 0.404 e. The van der Waals surface area contributed by atoms with E-state index < -0.39 is 10.7 Å². The number of rotatable bonds is 6. The van der Waals surface area contributed by atoms with Gasteiger partial charge in [0.2, 0.25) is 0 Å². The van der Waals surface area contributed by atoms with Gasteiger partial charge in [0.1, 0.15) is 10.7 Å². The first-order chi connectivity index (χ1) is 9.54. The van der Waals surface area contributed by atoms with Crippen LogP contribution in [0.25, 0.3) is 0 Å². The van der Waals surface area contributed by atoms with Crippen LogP contribution in [0.5, 0.6) is 0 Å². The summed E-state index contributed by atoms with van der Waals surface area (Å²) in [6.45, 7) is 0.273. The Bertz CT molecular complexity index is 587.